The molecule has 21 heteroatoms. The summed E-state index contributed by atoms with van der Waals surface area (Å²) in [6, 6.07) is 0. The smallest absolute Gasteiger partial charge is 0.283 e. The van der Waals surface area contributed by atoms with Crippen LogP contribution in [-0.4, -0.2) is 85.6 Å². The molecule has 0 rings (SSSR count). The summed E-state index contributed by atoms with van der Waals surface area (Å²) in [5.41, 5.74) is -5.76. The van der Waals surface area contributed by atoms with Crippen molar-refractivity contribution in [2.45, 2.75) is 72.6 Å². The Bertz CT molecular complexity index is 758. The van der Waals surface area contributed by atoms with E-state index in [4.69, 9.17) is 4.55 Å². The van der Waals surface area contributed by atoms with Gasteiger partial charge >= 0.3 is 33.8 Å². The van der Waals surface area contributed by atoms with Crippen molar-refractivity contribution in [3.05, 3.63) is 0 Å². The van der Waals surface area contributed by atoms with Gasteiger partial charge in [0.2, 0.25) is 6.17 Å². The predicted molar refractivity (Wildman–Crippen MR) is 71.6 cm³/mol. The van der Waals surface area contributed by atoms with Crippen molar-refractivity contribution in [2.24, 2.45) is 0 Å². The largest absolute Gasteiger partial charge is 0.382 e. The van der Waals surface area contributed by atoms with Crippen LogP contribution in [0.15, 0.2) is 0 Å². The second-order valence-corrected chi connectivity index (χ2v) is 7.63. The summed E-state index contributed by atoms with van der Waals surface area (Å²) in [5, 5.41) is 0. The third-order valence-corrected chi connectivity index (χ3v) is 4.68. The first-order valence-corrected chi connectivity index (χ1v) is 9.06. The molecule has 0 aromatic heterocycles. The third kappa shape index (κ3) is 5.53. The van der Waals surface area contributed by atoms with E-state index in [1.54, 1.807) is 0 Å². The van der Waals surface area contributed by atoms with Crippen LogP contribution in [0.5, 0.6) is 0 Å². The molecule has 0 aliphatic rings. The average Bonchev–Trinajstić information content (AvgIpc) is 2.68. The summed E-state index contributed by atoms with van der Waals surface area (Å²) in [6.45, 7) is 0. The van der Waals surface area contributed by atoms with Gasteiger partial charge in [-0.1, -0.05) is 0 Å². The van der Waals surface area contributed by atoms with E-state index in [-0.39, 0.29) is 0 Å². The lowest BCUT2D eigenvalue weighted by Gasteiger charge is -2.39. The normalized spacial score (nSPS) is 21.3. The zero-order valence-corrected chi connectivity index (χ0v) is 15.5. The van der Waals surface area contributed by atoms with E-state index in [9.17, 15) is 83.1 Å². The van der Waals surface area contributed by atoms with Crippen LogP contribution in [0.25, 0.3) is 0 Å². The molecule has 0 aromatic carbocycles. The van der Waals surface area contributed by atoms with Crippen LogP contribution in [-0.2, 0) is 10.1 Å². The highest BCUT2D eigenvalue weighted by molar-refractivity contribution is 7.86. The van der Waals surface area contributed by atoms with Crippen molar-refractivity contribution in [3.8, 4) is 0 Å². The Labute approximate surface area is 171 Å². The maximum absolute atomic E-state index is 13.5. The first-order chi connectivity index (χ1) is 14.3. The lowest BCUT2D eigenvalue weighted by atomic mass is 9.91. The fourth-order valence-electron chi connectivity index (χ4n) is 1.95. The van der Waals surface area contributed by atoms with E-state index in [0.717, 1.165) is 0 Å². The van der Waals surface area contributed by atoms with Crippen LogP contribution in [0, 0.1) is 0 Å². The Morgan fingerprint density at radius 1 is 0.515 bits per heavy atom. The molecule has 0 saturated heterocycles. The van der Waals surface area contributed by atoms with Crippen molar-refractivity contribution in [1.82, 2.24) is 0 Å². The molecule has 33 heavy (non-hydrogen) atoms. The summed E-state index contributed by atoms with van der Waals surface area (Å²) in [6.07, 6.45) is -33.9. The number of rotatable bonds is 12. The van der Waals surface area contributed by atoms with Crippen molar-refractivity contribution in [1.29, 1.82) is 0 Å². The molecule has 1 N–H and O–H groups in total. The Morgan fingerprint density at radius 2 is 0.818 bits per heavy atom. The molecular weight excluding hydrogens is 547 g/mol. The van der Waals surface area contributed by atoms with Crippen molar-refractivity contribution < 1.29 is 87.6 Å². The van der Waals surface area contributed by atoms with Gasteiger partial charge in [-0.15, -0.1) is 0 Å². The van der Waals surface area contributed by atoms with Gasteiger partial charge in [-0.05, 0) is 0 Å². The molecule has 0 radical (unpaired) electrons. The van der Waals surface area contributed by atoms with E-state index >= 15 is 0 Å². The minimum atomic E-state index is -8.05. The quantitative estimate of drug-likeness (QED) is 0.272. The van der Waals surface area contributed by atoms with Gasteiger partial charge in [0.1, 0.15) is 0 Å². The fraction of sp³-hybridized carbons (Fsp3) is 1.00. The highest BCUT2D eigenvalue weighted by Crippen LogP contribution is 2.56. The first kappa shape index (κ1) is 31.7. The molecule has 0 fully saturated rings. The van der Waals surface area contributed by atoms with Gasteiger partial charge < -0.3 is 0 Å². The van der Waals surface area contributed by atoms with E-state index in [1.807, 2.05) is 0 Å². The predicted octanol–water partition coefficient (Wildman–Crippen LogP) is 5.00. The van der Waals surface area contributed by atoms with Crippen LogP contribution in [0.1, 0.15) is 0 Å². The highest BCUT2D eigenvalue weighted by atomic mass is 32.2. The second-order valence-electron chi connectivity index (χ2n) is 6.18. The maximum atomic E-state index is 13.5. The van der Waals surface area contributed by atoms with Gasteiger partial charge in [0.05, 0.1) is 0 Å². The van der Waals surface area contributed by atoms with Crippen LogP contribution in [0.4, 0.5) is 74.6 Å². The van der Waals surface area contributed by atoms with Gasteiger partial charge in [0.15, 0.2) is 30.9 Å². The van der Waals surface area contributed by atoms with E-state index in [1.165, 1.54) is 0 Å². The van der Waals surface area contributed by atoms with Gasteiger partial charge in [-0.3, -0.25) is 4.55 Å². The van der Waals surface area contributed by atoms with Crippen LogP contribution in [0.2, 0.25) is 0 Å². The van der Waals surface area contributed by atoms with Gasteiger partial charge in [0.25, 0.3) is 11.9 Å². The molecule has 0 aliphatic heterocycles. The summed E-state index contributed by atoms with van der Waals surface area (Å²) in [7, 11) is -7.03. The minimum absolute atomic E-state index is 4.31. The molecule has 0 heterocycles. The van der Waals surface area contributed by atoms with Gasteiger partial charge in [0, 0.05) is 0 Å². The molecule has 7 atom stereocenters. The molecule has 0 saturated carbocycles. The minimum Gasteiger partial charge on any atom is -0.283 e. The lowest BCUT2D eigenvalue weighted by Crippen LogP contribution is -2.69. The summed E-state index contributed by atoms with van der Waals surface area (Å²) in [4.78, 5) is 0. The zero-order valence-electron chi connectivity index (χ0n) is 14.7. The van der Waals surface area contributed by atoms with Crippen molar-refractivity contribution >= 4 is 10.1 Å². The van der Waals surface area contributed by atoms with Crippen molar-refractivity contribution in [2.75, 3.05) is 0 Å². The molecule has 0 aromatic rings. The lowest BCUT2D eigenvalue weighted by molar-refractivity contribution is -0.382. The standard InChI is InChI=1S/C12H9F17O3S/c13-1(3(15)5(17)7(19)20)2(14)4(16)6(18)9(22,23)11(26,27)12(28,29)10(24,25)8(21)33(30,31)32/h1-8H,(H,30,31,32). The SMILES string of the molecule is O=S(=O)(O)C(F)C(F)(F)C(F)(F)C(F)(F)C(F)(F)C(F)C(F)C(F)C(F)C(F)C(F)C(F)F. The summed E-state index contributed by atoms with van der Waals surface area (Å²) < 4.78 is 250. The molecular formula is C12H9F17O3S. The molecule has 7 unspecified atom stereocenters. The maximum Gasteiger partial charge on any atom is 0.382 e. The molecule has 200 valence electrons. The molecule has 0 spiro atoms. The van der Waals surface area contributed by atoms with Gasteiger partial charge in [-0.25, -0.2) is 39.5 Å². The molecule has 3 nitrogen and oxygen atoms in total. The Morgan fingerprint density at radius 3 is 1.15 bits per heavy atom. The third-order valence-electron chi connectivity index (χ3n) is 3.86. The Hall–Kier alpha value is -1.28. The summed E-state index contributed by atoms with van der Waals surface area (Å²) in [5.74, 6) is -31.2. The van der Waals surface area contributed by atoms with Crippen LogP contribution < -0.4 is 0 Å². The van der Waals surface area contributed by atoms with E-state index in [0.29, 0.717) is 0 Å². The molecule has 0 aliphatic carbocycles. The topological polar surface area (TPSA) is 54.4 Å². The van der Waals surface area contributed by atoms with Crippen LogP contribution >= 0.6 is 0 Å². The van der Waals surface area contributed by atoms with E-state index in [2.05, 4.69) is 0 Å². The van der Waals surface area contributed by atoms with Crippen molar-refractivity contribution in [3.63, 3.8) is 0 Å². The second kappa shape index (κ2) is 9.76. The Kier molecular flexibility index (Phi) is 9.38. The van der Waals surface area contributed by atoms with E-state index < -0.39 is 82.8 Å². The highest BCUT2D eigenvalue weighted by Gasteiger charge is 2.85. The van der Waals surface area contributed by atoms with Gasteiger partial charge in [-0.2, -0.15) is 43.5 Å². The monoisotopic (exact) mass is 556 g/mol. The Balaban J connectivity index is 6.14. The summed E-state index contributed by atoms with van der Waals surface area (Å²) >= 11 is 0. The molecule has 0 amide bonds. The number of halogens is 17. The molecule has 0 bridgehead atoms. The number of hydrogen-bond donors (Lipinski definition) is 1. The first-order valence-electron chi connectivity index (χ1n) is 7.55. The number of alkyl halides is 17. The zero-order chi connectivity index (χ0) is 27.1. The number of hydrogen-bond acceptors (Lipinski definition) is 2. The average molecular weight is 556 g/mol. The fourth-order valence-corrected chi connectivity index (χ4v) is 2.47. The van der Waals surface area contributed by atoms with Crippen LogP contribution in [0.3, 0.4) is 0 Å².